The van der Waals surface area contributed by atoms with Crippen LogP contribution in [0.25, 0.3) is 0 Å². The van der Waals surface area contributed by atoms with E-state index in [1.54, 1.807) is 0 Å². The largest absolute Gasteiger partial charge is 0.469 e. The van der Waals surface area contributed by atoms with Crippen LogP contribution in [0.1, 0.15) is 56.5 Å². The number of rotatable bonds is 7. The van der Waals surface area contributed by atoms with Crippen molar-refractivity contribution in [1.82, 2.24) is 9.88 Å². The standard InChI is InChI=1S/C21H28BrN3O/c1-7-25(6)13-23-20-12-19(22)21(24-15(20)4)26-16(5)18-11-9-8-10-17(18)14(2)3/h8-14,16H,7H2,1-6H3/b23-13+. The Hall–Kier alpha value is -1.88. The molecule has 0 aliphatic carbocycles. The second-order valence-corrected chi connectivity index (χ2v) is 7.60. The maximum atomic E-state index is 6.18. The predicted octanol–water partition coefficient (Wildman–Crippen LogP) is 6.03. The molecule has 0 fully saturated rings. The predicted molar refractivity (Wildman–Crippen MR) is 113 cm³/mol. The van der Waals surface area contributed by atoms with Crippen LogP contribution < -0.4 is 4.74 Å². The van der Waals surface area contributed by atoms with E-state index < -0.39 is 0 Å². The Kier molecular flexibility index (Phi) is 7.21. The Labute approximate surface area is 165 Å². The highest BCUT2D eigenvalue weighted by atomic mass is 79.9. The zero-order chi connectivity index (χ0) is 19.3. The second-order valence-electron chi connectivity index (χ2n) is 6.74. The van der Waals surface area contributed by atoms with E-state index in [0.717, 1.165) is 22.4 Å². The van der Waals surface area contributed by atoms with Crippen molar-refractivity contribution in [1.29, 1.82) is 0 Å². The molecule has 1 atom stereocenters. The number of nitrogens with zero attached hydrogens (tertiary/aromatic N) is 3. The first-order valence-corrected chi connectivity index (χ1v) is 9.79. The Morgan fingerprint density at radius 2 is 1.88 bits per heavy atom. The van der Waals surface area contributed by atoms with Gasteiger partial charge in [0.15, 0.2) is 0 Å². The van der Waals surface area contributed by atoms with Crippen LogP contribution in [-0.2, 0) is 0 Å². The lowest BCUT2D eigenvalue weighted by atomic mass is 9.94. The zero-order valence-electron chi connectivity index (χ0n) is 16.5. The summed E-state index contributed by atoms with van der Waals surface area (Å²) in [5.41, 5.74) is 4.17. The maximum Gasteiger partial charge on any atom is 0.228 e. The van der Waals surface area contributed by atoms with Crippen molar-refractivity contribution >= 4 is 28.0 Å². The monoisotopic (exact) mass is 417 g/mol. The number of hydrogen-bond acceptors (Lipinski definition) is 3. The molecule has 0 spiro atoms. The lowest BCUT2D eigenvalue weighted by Gasteiger charge is -2.20. The highest BCUT2D eigenvalue weighted by Crippen LogP contribution is 2.34. The van der Waals surface area contributed by atoms with E-state index in [9.17, 15) is 0 Å². The van der Waals surface area contributed by atoms with E-state index in [1.165, 1.54) is 11.1 Å². The molecule has 0 saturated carbocycles. The summed E-state index contributed by atoms with van der Waals surface area (Å²) >= 11 is 3.58. The van der Waals surface area contributed by atoms with Gasteiger partial charge in [-0.3, -0.25) is 0 Å². The molecular weight excluding hydrogens is 390 g/mol. The smallest absolute Gasteiger partial charge is 0.228 e. The number of halogens is 1. The average Bonchev–Trinajstić information content (AvgIpc) is 2.62. The minimum atomic E-state index is -0.0858. The SMILES string of the molecule is CCN(C)/C=N/c1cc(Br)c(OC(C)c2ccccc2C(C)C)nc1C. The number of aryl methyl sites for hydroxylation is 1. The number of ether oxygens (including phenoxy) is 1. The van der Waals surface area contributed by atoms with Crippen LogP contribution in [0.4, 0.5) is 5.69 Å². The van der Waals surface area contributed by atoms with E-state index in [1.807, 2.05) is 31.3 Å². The molecule has 0 N–H and O–H groups in total. The molecule has 0 aliphatic heterocycles. The van der Waals surface area contributed by atoms with Crippen molar-refractivity contribution in [2.24, 2.45) is 4.99 Å². The molecule has 2 aromatic rings. The van der Waals surface area contributed by atoms with Gasteiger partial charge in [-0.05, 0) is 59.8 Å². The van der Waals surface area contributed by atoms with Crippen LogP contribution in [0.15, 0.2) is 39.8 Å². The molecule has 1 unspecified atom stereocenters. The van der Waals surface area contributed by atoms with Crippen LogP contribution in [-0.4, -0.2) is 29.8 Å². The summed E-state index contributed by atoms with van der Waals surface area (Å²) in [6.07, 6.45) is 1.73. The number of benzene rings is 1. The van der Waals surface area contributed by atoms with Gasteiger partial charge in [-0.15, -0.1) is 0 Å². The minimum Gasteiger partial charge on any atom is -0.469 e. The average molecular weight is 418 g/mol. The molecule has 0 bridgehead atoms. The fourth-order valence-electron chi connectivity index (χ4n) is 2.64. The molecular formula is C21H28BrN3O. The van der Waals surface area contributed by atoms with Crippen LogP contribution in [0, 0.1) is 6.92 Å². The Bertz CT molecular complexity index is 774. The third-order valence-electron chi connectivity index (χ3n) is 4.34. The molecule has 0 radical (unpaired) electrons. The van der Waals surface area contributed by atoms with Gasteiger partial charge in [-0.2, -0.15) is 0 Å². The topological polar surface area (TPSA) is 37.7 Å². The van der Waals surface area contributed by atoms with Crippen LogP contribution in [0.3, 0.4) is 0 Å². The molecule has 140 valence electrons. The van der Waals surface area contributed by atoms with Gasteiger partial charge in [0.05, 0.1) is 22.2 Å². The summed E-state index contributed by atoms with van der Waals surface area (Å²) in [6.45, 7) is 11.4. The van der Waals surface area contributed by atoms with Gasteiger partial charge in [0.1, 0.15) is 6.10 Å². The summed E-state index contributed by atoms with van der Waals surface area (Å²) in [7, 11) is 1.99. The molecule has 1 aromatic carbocycles. The fraction of sp³-hybridized carbons (Fsp3) is 0.429. The molecule has 0 saturated heterocycles. The molecule has 26 heavy (non-hydrogen) atoms. The van der Waals surface area contributed by atoms with E-state index in [0.29, 0.717) is 11.8 Å². The minimum absolute atomic E-state index is 0.0858. The Morgan fingerprint density at radius 1 is 1.23 bits per heavy atom. The molecule has 4 nitrogen and oxygen atoms in total. The number of aliphatic imine (C=N–C) groups is 1. The van der Waals surface area contributed by atoms with Crippen molar-refractivity contribution in [3.8, 4) is 5.88 Å². The van der Waals surface area contributed by atoms with Crippen LogP contribution >= 0.6 is 15.9 Å². The highest BCUT2D eigenvalue weighted by molar-refractivity contribution is 9.10. The van der Waals surface area contributed by atoms with E-state index in [2.05, 4.69) is 77.9 Å². The third kappa shape index (κ3) is 5.07. The van der Waals surface area contributed by atoms with Crippen molar-refractivity contribution < 1.29 is 4.74 Å². The number of pyridine rings is 1. The lowest BCUT2D eigenvalue weighted by Crippen LogP contribution is -2.14. The normalized spacial score (nSPS) is 12.6. The summed E-state index contributed by atoms with van der Waals surface area (Å²) in [5, 5.41) is 0. The van der Waals surface area contributed by atoms with Gasteiger partial charge in [-0.25, -0.2) is 9.98 Å². The Balaban J connectivity index is 2.25. The second kappa shape index (κ2) is 9.17. The van der Waals surface area contributed by atoms with Crippen molar-refractivity contribution in [2.45, 2.75) is 46.6 Å². The molecule has 5 heteroatoms. The molecule has 0 aliphatic rings. The van der Waals surface area contributed by atoms with Crippen molar-refractivity contribution in [3.63, 3.8) is 0 Å². The molecule has 0 amide bonds. The Morgan fingerprint density at radius 3 is 2.50 bits per heavy atom. The third-order valence-corrected chi connectivity index (χ3v) is 4.91. The van der Waals surface area contributed by atoms with E-state index >= 15 is 0 Å². The fourth-order valence-corrected chi connectivity index (χ4v) is 3.04. The van der Waals surface area contributed by atoms with Gasteiger partial charge >= 0.3 is 0 Å². The molecule has 2 rings (SSSR count). The summed E-state index contributed by atoms with van der Waals surface area (Å²) in [6, 6.07) is 10.4. The van der Waals surface area contributed by atoms with Crippen molar-refractivity contribution in [2.75, 3.05) is 13.6 Å². The van der Waals surface area contributed by atoms with Gasteiger partial charge in [-0.1, -0.05) is 38.1 Å². The van der Waals surface area contributed by atoms with Crippen LogP contribution in [0.2, 0.25) is 0 Å². The van der Waals surface area contributed by atoms with Gasteiger partial charge in [0, 0.05) is 13.6 Å². The van der Waals surface area contributed by atoms with Crippen LogP contribution in [0.5, 0.6) is 5.88 Å². The first-order chi connectivity index (χ1) is 12.3. The number of hydrogen-bond donors (Lipinski definition) is 0. The summed E-state index contributed by atoms with van der Waals surface area (Å²) in [5.74, 6) is 1.04. The van der Waals surface area contributed by atoms with E-state index in [4.69, 9.17) is 4.74 Å². The summed E-state index contributed by atoms with van der Waals surface area (Å²) in [4.78, 5) is 11.1. The highest BCUT2D eigenvalue weighted by Gasteiger charge is 2.17. The van der Waals surface area contributed by atoms with E-state index in [-0.39, 0.29) is 6.10 Å². The van der Waals surface area contributed by atoms with Gasteiger partial charge < -0.3 is 9.64 Å². The summed E-state index contributed by atoms with van der Waals surface area (Å²) < 4.78 is 6.99. The van der Waals surface area contributed by atoms with Gasteiger partial charge in [0.2, 0.25) is 5.88 Å². The quantitative estimate of drug-likeness (QED) is 0.407. The number of aromatic nitrogens is 1. The molecule has 1 aromatic heterocycles. The molecule has 1 heterocycles. The van der Waals surface area contributed by atoms with Crippen molar-refractivity contribution in [3.05, 3.63) is 51.6 Å². The lowest BCUT2D eigenvalue weighted by molar-refractivity contribution is 0.214. The maximum absolute atomic E-state index is 6.18. The first kappa shape index (κ1) is 20.4. The first-order valence-electron chi connectivity index (χ1n) is 9.00. The zero-order valence-corrected chi connectivity index (χ0v) is 18.0. The van der Waals surface area contributed by atoms with Gasteiger partial charge in [0.25, 0.3) is 0 Å².